The highest BCUT2D eigenvalue weighted by Gasteiger charge is 2.04. The van der Waals surface area contributed by atoms with Crippen molar-refractivity contribution < 1.29 is 4.74 Å². The number of benzene rings is 2. The number of ether oxygens (including phenoxy) is 1. The second-order valence-electron chi connectivity index (χ2n) is 4.10. The minimum absolute atomic E-state index is 0.681. The lowest BCUT2D eigenvalue weighted by atomic mass is 10.2. The summed E-state index contributed by atoms with van der Waals surface area (Å²) < 4.78 is 6.70. The van der Waals surface area contributed by atoms with Crippen molar-refractivity contribution in [3.8, 4) is 11.5 Å². The van der Waals surface area contributed by atoms with Gasteiger partial charge in [0.1, 0.15) is 11.5 Å². The lowest BCUT2D eigenvalue weighted by Crippen LogP contribution is -2.11. The first-order valence-electron chi connectivity index (χ1n) is 6.11. The minimum atomic E-state index is 0.681. The fourth-order valence-electron chi connectivity index (χ4n) is 1.67. The first kappa shape index (κ1) is 14.4. The zero-order valence-corrected chi connectivity index (χ0v) is 13.0. The van der Waals surface area contributed by atoms with Crippen molar-refractivity contribution in [3.63, 3.8) is 0 Å². The fourth-order valence-corrected chi connectivity index (χ4v) is 2.44. The van der Waals surface area contributed by atoms with E-state index >= 15 is 0 Å². The van der Waals surface area contributed by atoms with Crippen molar-refractivity contribution in [1.82, 2.24) is 5.32 Å². The van der Waals surface area contributed by atoms with Gasteiger partial charge in [0.25, 0.3) is 0 Å². The molecule has 0 spiro atoms. The van der Waals surface area contributed by atoms with Gasteiger partial charge < -0.3 is 10.1 Å². The van der Waals surface area contributed by atoms with E-state index in [2.05, 4.69) is 34.2 Å². The molecule has 0 bridgehead atoms. The van der Waals surface area contributed by atoms with E-state index in [1.165, 1.54) is 5.56 Å². The lowest BCUT2D eigenvalue weighted by Gasteiger charge is -2.09. The smallest absolute Gasteiger partial charge is 0.141 e. The summed E-state index contributed by atoms with van der Waals surface area (Å²) in [4.78, 5) is 0. The molecule has 0 amide bonds. The first-order chi connectivity index (χ1) is 9.19. The van der Waals surface area contributed by atoms with E-state index in [4.69, 9.17) is 16.3 Å². The average Bonchev–Trinajstić information content (AvgIpc) is 2.40. The van der Waals surface area contributed by atoms with Crippen molar-refractivity contribution in [3.05, 3.63) is 57.5 Å². The summed E-state index contributed by atoms with van der Waals surface area (Å²) >= 11 is 9.35. The second-order valence-corrected chi connectivity index (χ2v) is 5.40. The largest absolute Gasteiger partial charge is 0.456 e. The summed E-state index contributed by atoms with van der Waals surface area (Å²) in [6, 6.07) is 13.5. The molecule has 0 atom stereocenters. The summed E-state index contributed by atoms with van der Waals surface area (Å²) in [6.07, 6.45) is 0. The van der Waals surface area contributed by atoms with E-state index in [-0.39, 0.29) is 0 Å². The van der Waals surface area contributed by atoms with Gasteiger partial charge in [-0.05, 0) is 58.4 Å². The van der Waals surface area contributed by atoms with Gasteiger partial charge >= 0.3 is 0 Å². The molecule has 0 saturated heterocycles. The molecule has 0 unspecified atom stereocenters. The van der Waals surface area contributed by atoms with Gasteiger partial charge in [-0.1, -0.05) is 30.7 Å². The van der Waals surface area contributed by atoms with Crippen LogP contribution in [0.2, 0.25) is 5.02 Å². The molecule has 2 aromatic carbocycles. The van der Waals surface area contributed by atoms with Crippen LogP contribution in [0.4, 0.5) is 0 Å². The third-order valence-corrected chi connectivity index (χ3v) is 3.45. The van der Waals surface area contributed by atoms with Gasteiger partial charge in [0.2, 0.25) is 0 Å². The van der Waals surface area contributed by atoms with Gasteiger partial charge in [-0.3, -0.25) is 0 Å². The van der Waals surface area contributed by atoms with Crippen molar-refractivity contribution in [2.75, 3.05) is 6.54 Å². The van der Waals surface area contributed by atoms with E-state index in [9.17, 15) is 0 Å². The predicted octanol–water partition coefficient (Wildman–Crippen LogP) is 5.00. The molecule has 2 nitrogen and oxygen atoms in total. The minimum Gasteiger partial charge on any atom is -0.456 e. The van der Waals surface area contributed by atoms with Crippen LogP contribution in [0.15, 0.2) is 46.9 Å². The van der Waals surface area contributed by atoms with Gasteiger partial charge in [0, 0.05) is 11.6 Å². The Morgan fingerprint density at radius 2 is 2.05 bits per heavy atom. The van der Waals surface area contributed by atoms with E-state index in [0.717, 1.165) is 29.1 Å². The molecule has 19 heavy (non-hydrogen) atoms. The molecule has 2 aromatic rings. The molecule has 0 aliphatic heterocycles. The molecule has 2 rings (SSSR count). The van der Waals surface area contributed by atoms with Crippen LogP contribution < -0.4 is 10.1 Å². The number of nitrogens with one attached hydrogen (secondary N) is 1. The number of rotatable bonds is 5. The van der Waals surface area contributed by atoms with Crippen LogP contribution in [0.5, 0.6) is 11.5 Å². The SMILES string of the molecule is CCNCc1cccc(Oc2ccc(Cl)cc2Br)c1. The van der Waals surface area contributed by atoms with Gasteiger partial charge in [0.15, 0.2) is 0 Å². The Kier molecular flexibility index (Phi) is 5.25. The Bertz CT molecular complexity index is 560. The maximum absolute atomic E-state index is 5.91. The molecular weight excluding hydrogens is 326 g/mol. The standard InChI is InChI=1S/C15H15BrClNO/c1-2-18-10-11-4-3-5-13(8-11)19-15-7-6-12(17)9-14(15)16/h3-9,18H,2,10H2,1H3. The van der Waals surface area contributed by atoms with Gasteiger partial charge in [0.05, 0.1) is 4.47 Å². The molecule has 0 aliphatic carbocycles. The predicted molar refractivity (Wildman–Crippen MR) is 83.0 cm³/mol. The summed E-state index contributed by atoms with van der Waals surface area (Å²) in [5.74, 6) is 1.57. The zero-order chi connectivity index (χ0) is 13.7. The maximum atomic E-state index is 5.91. The lowest BCUT2D eigenvalue weighted by molar-refractivity contribution is 0.478. The van der Waals surface area contributed by atoms with Crippen LogP contribution >= 0.6 is 27.5 Å². The van der Waals surface area contributed by atoms with E-state index in [1.807, 2.05) is 36.4 Å². The fraction of sp³-hybridized carbons (Fsp3) is 0.200. The highest BCUT2D eigenvalue weighted by Crippen LogP contribution is 2.32. The summed E-state index contributed by atoms with van der Waals surface area (Å²) in [6.45, 7) is 3.88. The molecule has 0 aliphatic rings. The highest BCUT2D eigenvalue weighted by molar-refractivity contribution is 9.10. The second kappa shape index (κ2) is 6.94. The van der Waals surface area contributed by atoms with Crippen LogP contribution in [0.1, 0.15) is 12.5 Å². The molecule has 100 valence electrons. The Hall–Kier alpha value is -1.03. The molecule has 0 aromatic heterocycles. The third kappa shape index (κ3) is 4.23. The monoisotopic (exact) mass is 339 g/mol. The third-order valence-electron chi connectivity index (χ3n) is 2.60. The average molecular weight is 341 g/mol. The summed E-state index contributed by atoms with van der Waals surface area (Å²) in [5, 5.41) is 3.97. The van der Waals surface area contributed by atoms with Crippen molar-refractivity contribution >= 4 is 27.5 Å². The quantitative estimate of drug-likeness (QED) is 0.826. The molecule has 0 radical (unpaired) electrons. The van der Waals surface area contributed by atoms with E-state index in [0.29, 0.717) is 5.02 Å². The number of halogens is 2. The summed E-state index contributed by atoms with van der Waals surface area (Å²) in [5.41, 5.74) is 1.20. The van der Waals surface area contributed by atoms with Crippen LogP contribution in [0.3, 0.4) is 0 Å². The normalized spacial score (nSPS) is 10.5. The van der Waals surface area contributed by atoms with Gasteiger partial charge in [-0.15, -0.1) is 0 Å². The Morgan fingerprint density at radius 3 is 2.79 bits per heavy atom. The molecular formula is C15H15BrClNO. The Labute approximate surface area is 126 Å². The van der Waals surface area contributed by atoms with Gasteiger partial charge in [-0.2, -0.15) is 0 Å². The number of hydrogen-bond donors (Lipinski definition) is 1. The van der Waals surface area contributed by atoms with E-state index in [1.54, 1.807) is 0 Å². The van der Waals surface area contributed by atoms with Gasteiger partial charge in [-0.25, -0.2) is 0 Å². The molecule has 4 heteroatoms. The van der Waals surface area contributed by atoms with Crippen LogP contribution in [0.25, 0.3) is 0 Å². The van der Waals surface area contributed by atoms with Crippen LogP contribution in [-0.2, 0) is 6.54 Å². The highest BCUT2D eigenvalue weighted by atomic mass is 79.9. The first-order valence-corrected chi connectivity index (χ1v) is 7.28. The topological polar surface area (TPSA) is 21.3 Å². The maximum Gasteiger partial charge on any atom is 0.141 e. The molecule has 0 fully saturated rings. The van der Waals surface area contributed by atoms with Crippen molar-refractivity contribution in [2.24, 2.45) is 0 Å². The number of hydrogen-bond acceptors (Lipinski definition) is 2. The summed E-state index contributed by atoms with van der Waals surface area (Å²) in [7, 11) is 0. The van der Waals surface area contributed by atoms with Crippen molar-refractivity contribution in [1.29, 1.82) is 0 Å². The molecule has 0 saturated carbocycles. The zero-order valence-electron chi connectivity index (χ0n) is 10.6. The van der Waals surface area contributed by atoms with E-state index < -0.39 is 0 Å². The van der Waals surface area contributed by atoms with Crippen LogP contribution in [-0.4, -0.2) is 6.54 Å². The molecule has 0 heterocycles. The van der Waals surface area contributed by atoms with Crippen LogP contribution in [0, 0.1) is 0 Å². The Morgan fingerprint density at radius 1 is 1.21 bits per heavy atom. The Balaban J connectivity index is 2.14. The van der Waals surface area contributed by atoms with Crippen molar-refractivity contribution in [2.45, 2.75) is 13.5 Å². The molecule has 1 N–H and O–H groups in total.